The van der Waals surface area contributed by atoms with Crippen molar-refractivity contribution in [3.05, 3.63) is 70.7 Å². The summed E-state index contributed by atoms with van der Waals surface area (Å²) < 4.78 is 0. The number of halogens is 1. The van der Waals surface area contributed by atoms with Crippen LogP contribution in [0.1, 0.15) is 11.1 Å². The van der Waals surface area contributed by atoms with Gasteiger partial charge in [-0.25, -0.2) is 0 Å². The number of benzene rings is 2. The fraction of sp³-hybridized carbons (Fsp3) is 0. The van der Waals surface area contributed by atoms with Gasteiger partial charge in [-0.2, -0.15) is 0 Å². The molecule has 0 spiro atoms. The third kappa shape index (κ3) is 3.05. The van der Waals surface area contributed by atoms with Crippen LogP contribution in [-0.2, 0) is 4.79 Å². The largest absolute Gasteiger partial charge is 0.298 e. The van der Waals surface area contributed by atoms with Gasteiger partial charge in [0, 0.05) is 10.6 Å². The maximum Gasteiger partial charge on any atom is 0.150 e. The Balaban J connectivity index is 2.37. The lowest BCUT2D eigenvalue weighted by Crippen LogP contribution is -1.85. The van der Waals surface area contributed by atoms with Crippen molar-refractivity contribution >= 4 is 29.5 Å². The number of hydrogen-bond acceptors (Lipinski definition) is 1. The first-order chi connectivity index (χ1) is 8.29. The van der Waals surface area contributed by atoms with Gasteiger partial charge in [0.1, 0.15) is 0 Å². The molecule has 1 nitrogen and oxygen atoms in total. The molecule has 0 aliphatic heterocycles. The third-order valence-corrected chi connectivity index (χ3v) is 2.68. The normalized spacial score (nSPS) is 11.2. The Bertz CT molecular complexity index is 527. The summed E-state index contributed by atoms with van der Waals surface area (Å²) in [6, 6.07) is 17.0. The van der Waals surface area contributed by atoms with Gasteiger partial charge in [-0.15, -0.1) is 0 Å². The van der Waals surface area contributed by atoms with E-state index in [4.69, 9.17) is 11.6 Å². The zero-order chi connectivity index (χ0) is 12.1. The first-order valence-corrected chi connectivity index (χ1v) is 5.65. The van der Waals surface area contributed by atoms with E-state index >= 15 is 0 Å². The highest BCUT2D eigenvalue weighted by atomic mass is 35.5. The predicted octanol–water partition coefficient (Wildman–Crippen LogP) is 4.08. The van der Waals surface area contributed by atoms with Crippen molar-refractivity contribution < 1.29 is 4.79 Å². The summed E-state index contributed by atoms with van der Waals surface area (Å²) in [5.74, 6) is 0. The highest BCUT2D eigenvalue weighted by molar-refractivity contribution is 6.30. The average molecular weight is 243 g/mol. The average Bonchev–Trinajstić information content (AvgIpc) is 2.38. The van der Waals surface area contributed by atoms with E-state index in [9.17, 15) is 4.79 Å². The molecule has 84 valence electrons. The Kier molecular flexibility index (Phi) is 3.73. The number of carbonyl (C=O) groups is 1. The van der Waals surface area contributed by atoms with Crippen molar-refractivity contribution in [2.75, 3.05) is 0 Å². The standard InChI is InChI=1S/C15H11ClO/c16-15-8-6-13(7-9-15)14(11-17)10-12-4-2-1-3-5-12/h1-11H/b14-10+. The molecular formula is C15H11ClO. The molecule has 0 unspecified atom stereocenters. The van der Waals surface area contributed by atoms with E-state index in [1.165, 1.54) is 0 Å². The minimum Gasteiger partial charge on any atom is -0.298 e. The lowest BCUT2D eigenvalue weighted by Gasteiger charge is -2.01. The molecule has 0 saturated carbocycles. The molecule has 17 heavy (non-hydrogen) atoms. The molecule has 0 radical (unpaired) electrons. The predicted molar refractivity (Wildman–Crippen MR) is 71.8 cm³/mol. The molecule has 0 aliphatic carbocycles. The Hall–Kier alpha value is -1.86. The first kappa shape index (κ1) is 11.6. The molecule has 0 aliphatic rings. The second kappa shape index (κ2) is 5.46. The van der Waals surface area contributed by atoms with Crippen LogP contribution in [0.2, 0.25) is 5.02 Å². The molecule has 0 fully saturated rings. The van der Waals surface area contributed by atoms with E-state index in [1.807, 2.05) is 48.5 Å². The lowest BCUT2D eigenvalue weighted by molar-refractivity contribution is -0.103. The zero-order valence-corrected chi connectivity index (χ0v) is 9.89. The third-order valence-electron chi connectivity index (χ3n) is 2.43. The fourth-order valence-electron chi connectivity index (χ4n) is 1.56. The molecule has 0 atom stereocenters. The van der Waals surface area contributed by atoms with Crippen LogP contribution in [0.4, 0.5) is 0 Å². The van der Waals surface area contributed by atoms with E-state index in [0.29, 0.717) is 10.6 Å². The smallest absolute Gasteiger partial charge is 0.150 e. The summed E-state index contributed by atoms with van der Waals surface area (Å²) >= 11 is 5.81. The highest BCUT2D eigenvalue weighted by Gasteiger charge is 2.00. The monoisotopic (exact) mass is 242 g/mol. The van der Waals surface area contributed by atoms with Crippen LogP contribution < -0.4 is 0 Å². The number of rotatable bonds is 3. The molecule has 0 amide bonds. The summed E-state index contributed by atoms with van der Waals surface area (Å²) in [4.78, 5) is 11.1. The van der Waals surface area contributed by atoms with Crippen molar-refractivity contribution in [1.82, 2.24) is 0 Å². The molecule has 0 heterocycles. The van der Waals surface area contributed by atoms with Crippen LogP contribution in [0, 0.1) is 0 Å². The Morgan fingerprint density at radius 1 is 0.941 bits per heavy atom. The van der Waals surface area contributed by atoms with Crippen molar-refractivity contribution in [1.29, 1.82) is 0 Å². The zero-order valence-electron chi connectivity index (χ0n) is 9.14. The second-order valence-electron chi connectivity index (χ2n) is 3.64. The molecule has 2 heteroatoms. The van der Waals surface area contributed by atoms with Crippen molar-refractivity contribution in [3.63, 3.8) is 0 Å². The van der Waals surface area contributed by atoms with Gasteiger partial charge < -0.3 is 0 Å². The molecule has 0 bridgehead atoms. The van der Waals surface area contributed by atoms with Crippen molar-refractivity contribution in [2.24, 2.45) is 0 Å². The van der Waals surface area contributed by atoms with Crippen LogP contribution >= 0.6 is 11.6 Å². The van der Waals surface area contributed by atoms with Crippen LogP contribution in [0.25, 0.3) is 11.6 Å². The maximum atomic E-state index is 11.1. The molecule has 0 N–H and O–H groups in total. The first-order valence-electron chi connectivity index (χ1n) is 5.27. The van der Waals surface area contributed by atoms with Crippen LogP contribution in [0.5, 0.6) is 0 Å². The Labute approximate surface area is 105 Å². The topological polar surface area (TPSA) is 17.1 Å². The minimum absolute atomic E-state index is 0.646. The van der Waals surface area contributed by atoms with Gasteiger partial charge in [0.25, 0.3) is 0 Å². The SMILES string of the molecule is O=C/C(=C\c1ccccc1)c1ccc(Cl)cc1. The summed E-state index contributed by atoms with van der Waals surface area (Å²) in [5, 5.41) is 0.665. The van der Waals surface area contributed by atoms with Gasteiger partial charge >= 0.3 is 0 Å². The van der Waals surface area contributed by atoms with E-state index in [2.05, 4.69) is 0 Å². The number of allylic oxidation sites excluding steroid dienone is 1. The Morgan fingerprint density at radius 2 is 1.59 bits per heavy atom. The molecule has 0 aromatic heterocycles. The highest BCUT2D eigenvalue weighted by Crippen LogP contribution is 2.18. The number of hydrogen-bond donors (Lipinski definition) is 0. The molecule has 2 aromatic carbocycles. The van der Waals surface area contributed by atoms with Gasteiger partial charge in [0.2, 0.25) is 0 Å². The van der Waals surface area contributed by atoms with E-state index in [0.717, 1.165) is 17.4 Å². The molecule has 0 saturated heterocycles. The Morgan fingerprint density at radius 3 is 2.18 bits per heavy atom. The van der Waals surface area contributed by atoms with Crippen molar-refractivity contribution in [2.45, 2.75) is 0 Å². The molecular weight excluding hydrogens is 232 g/mol. The van der Waals surface area contributed by atoms with Crippen LogP contribution in [0.3, 0.4) is 0 Å². The van der Waals surface area contributed by atoms with Gasteiger partial charge in [-0.1, -0.05) is 54.1 Å². The quantitative estimate of drug-likeness (QED) is 0.450. The van der Waals surface area contributed by atoms with E-state index in [-0.39, 0.29) is 0 Å². The summed E-state index contributed by atoms with van der Waals surface area (Å²) in [6.07, 6.45) is 2.71. The number of carbonyl (C=O) groups excluding carboxylic acids is 1. The molecule has 2 rings (SSSR count). The minimum atomic E-state index is 0.646. The molecule has 2 aromatic rings. The summed E-state index contributed by atoms with van der Waals surface area (Å²) in [6.45, 7) is 0. The second-order valence-corrected chi connectivity index (χ2v) is 4.07. The summed E-state index contributed by atoms with van der Waals surface area (Å²) in [5.41, 5.74) is 2.52. The lowest BCUT2D eigenvalue weighted by atomic mass is 10.0. The number of aldehydes is 1. The van der Waals surface area contributed by atoms with Gasteiger partial charge in [0.15, 0.2) is 6.29 Å². The van der Waals surface area contributed by atoms with E-state index in [1.54, 1.807) is 12.1 Å². The van der Waals surface area contributed by atoms with Crippen LogP contribution in [0.15, 0.2) is 54.6 Å². The summed E-state index contributed by atoms with van der Waals surface area (Å²) in [7, 11) is 0. The van der Waals surface area contributed by atoms with Crippen LogP contribution in [-0.4, -0.2) is 6.29 Å². The van der Waals surface area contributed by atoms with Gasteiger partial charge in [0.05, 0.1) is 0 Å². The van der Waals surface area contributed by atoms with E-state index < -0.39 is 0 Å². The fourth-order valence-corrected chi connectivity index (χ4v) is 1.68. The van der Waals surface area contributed by atoms with Crippen molar-refractivity contribution in [3.8, 4) is 0 Å². The van der Waals surface area contributed by atoms with Gasteiger partial charge in [-0.3, -0.25) is 4.79 Å². The van der Waals surface area contributed by atoms with Gasteiger partial charge in [-0.05, 0) is 29.3 Å². The maximum absolute atomic E-state index is 11.1.